The predicted octanol–water partition coefficient (Wildman–Crippen LogP) is 7.85. The van der Waals surface area contributed by atoms with E-state index in [4.69, 9.17) is 5.11 Å². The van der Waals surface area contributed by atoms with Crippen LogP contribution >= 0.6 is 24.8 Å². The number of carbonyl (C=O) groups is 2. The maximum absolute atomic E-state index is 12.8. The van der Waals surface area contributed by atoms with Crippen LogP contribution in [0.4, 0.5) is 0 Å². The zero-order valence-corrected chi connectivity index (χ0v) is 32.4. The summed E-state index contributed by atoms with van der Waals surface area (Å²) < 4.78 is 0. The van der Waals surface area contributed by atoms with Gasteiger partial charge in [-0.05, 0) is 131 Å². The highest BCUT2D eigenvalue weighted by Gasteiger charge is 2.32. The fourth-order valence-corrected chi connectivity index (χ4v) is 7.76. The molecule has 7 nitrogen and oxygen atoms in total. The topological polar surface area (TPSA) is 76.1 Å². The first-order chi connectivity index (χ1) is 25.0. The standard InChI is InChI=1S/C22H26N2O.C14H12O2.C8H16N2.2ClH/c25-22(24-15-12-21(17-24)23-13-4-5-14-23)20-10-8-19(9-11-20)16-18-6-2-1-3-7-18;15-14(16)13-8-6-12(7-9-13)10-11-4-2-1-3-5-11;1-2-6-10(5-1)8-3-4-9-7-8;;/h1-3,6-11,21H,4-5,12-17H2;1-9H,10H2,(H,15,16);8-9H,1-7H2;2*1H/t21-;;8-;;/m0.0../s1. The number of carboxylic acid groups (broad SMARTS) is 1. The van der Waals surface area contributed by atoms with Gasteiger partial charge in [-0.15, -0.1) is 24.8 Å². The number of rotatable bonds is 8. The SMILES string of the molecule is C1CCN([C@H]2CCNC2)C1.Cl.Cl.O=C(O)c1ccc(Cc2ccccc2)cc1.O=C(c1ccc(Cc2ccccc2)cc1)N1CC[C@H](N2CCCC2)C1. The van der Waals surface area contributed by atoms with Crippen LogP contribution < -0.4 is 5.32 Å². The number of nitrogens with one attached hydrogen (secondary N) is 1. The number of benzene rings is 4. The smallest absolute Gasteiger partial charge is 0.335 e. The monoisotopic (exact) mass is 758 g/mol. The number of halogens is 2. The molecule has 284 valence electrons. The Bertz CT molecular complexity index is 1630. The van der Waals surface area contributed by atoms with E-state index < -0.39 is 5.97 Å². The highest BCUT2D eigenvalue weighted by Crippen LogP contribution is 2.22. The summed E-state index contributed by atoms with van der Waals surface area (Å²) in [6.45, 7) is 9.39. The molecular formula is C44H56Cl2N4O3. The van der Waals surface area contributed by atoms with Crippen molar-refractivity contribution >= 4 is 36.7 Å². The van der Waals surface area contributed by atoms with Gasteiger partial charge in [0.2, 0.25) is 0 Å². The largest absolute Gasteiger partial charge is 0.478 e. The second kappa shape index (κ2) is 21.9. The van der Waals surface area contributed by atoms with Crippen LogP contribution in [-0.2, 0) is 12.8 Å². The summed E-state index contributed by atoms with van der Waals surface area (Å²) in [6.07, 6.45) is 9.72. The van der Waals surface area contributed by atoms with Crippen LogP contribution in [0.1, 0.15) is 81.5 Å². The molecule has 8 rings (SSSR count). The van der Waals surface area contributed by atoms with E-state index in [0.29, 0.717) is 11.6 Å². The Morgan fingerprint density at radius 1 is 0.566 bits per heavy atom. The molecule has 4 aromatic carbocycles. The Morgan fingerprint density at radius 3 is 1.47 bits per heavy atom. The van der Waals surface area contributed by atoms with Gasteiger partial charge in [-0.1, -0.05) is 84.9 Å². The van der Waals surface area contributed by atoms with Gasteiger partial charge in [-0.2, -0.15) is 0 Å². The molecule has 0 saturated carbocycles. The van der Waals surface area contributed by atoms with Crippen molar-refractivity contribution in [2.45, 2.75) is 63.5 Å². The summed E-state index contributed by atoms with van der Waals surface area (Å²) >= 11 is 0. The van der Waals surface area contributed by atoms with E-state index >= 15 is 0 Å². The van der Waals surface area contributed by atoms with Gasteiger partial charge in [0.1, 0.15) is 0 Å². The molecule has 4 fully saturated rings. The molecule has 4 saturated heterocycles. The minimum atomic E-state index is -0.883. The minimum Gasteiger partial charge on any atom is -0.478 e. The third-order valence-electron chi connectivity index (χ3n) is 10.7. The van der Waals surface area contributed by atoms with Crippen molar-refractivity contribution in [3.05, 3.63) is 143 Å². The summed E-state index contributed by atoms with van der Waals surface area (Å²) in [5.41, 5.74) is 6.05. The number of amides is 1. The summed E-state index contributed by atoms with van der Waals surface area (Å²) in [5.74, 6) is -0.695. The van der Waals surface area contributed by atoms with Gasteiger partial charge in [-0.3, -0.25) is 14.6 Å². The lowest BCUT2D eigenvalue weighted by atomic mass is 10.0. The molecule has 9 heteroatoms. The van der Waals surface area contributed by atoms with E-state index in [2.05, 4.69) is 63.6 Å². The second-order valence-corrected chi connectivity index (χ2v) is 14.4. The number of carbonyl (C=O) groups excluding carboxylic acids is 1. The number of nitrogens with zero attached hydrogens (tertiary/aromatic N) is 3. The molecule has 0 bridgehead atoms. The zero-order chi connectivity index (χ0) is 35.3. The van der Waals surface area contributed by atoms with Crippen molar-refractivity contribution in [2.75, 3.05) is 52.4 Å². The number of hydrogen-bond acceptors (Lipinski definition) is 5. The van der Waals surface area contributed by atoms with E-state index in [1.807, 2.05) is 53.4 Å². The van der Waals surface area contributed by atoms with Crippen molar-refractivity contribution in [1.82, 2.24) is 20.0 Å². The first-order valence-corrected chi connectivity index (χ1v) is 19.0. The van der Waals surface area contributed by atoms with Crippen molar-refractivity contribution in [3.8, 4) is 0 Å². The van der Waals surface area contributed by atoms with Crippen molar-refractivity contribution in [3.63, 3.8) is 0 Å². The summed E-state index contributed by atoms with van der Waals surface area (Å²) in [7, 11) is 0. The van der Waals surface area contributed by atoms with Crippen LogP contribution in [-0.4, -0.2) is 96.1 Å². The molecule has 0 spiro atoms. The van der Waals surface area contributed by atoms with Gasteiger partial charge in [-0.25, -0.2) is 4.79 Å². The summed E-state index contributed by atoms with van der Waals surface area (Å²) in [4.78, 5) is 30.7. The first kappa shape index (κ1) is 42.0. The Morgan fingerprint density at radius 2 is 1.02 bits per heavy atom. The van der Waals surface area contributed by atoms with E-state index in [9.17, 15) is 9.59 Å². The van der Waals surface area contributed by atoms with E-state index in [1.54, 1.807) is 12.1 Å². The zero-order valence-electron chi connectivity index (χ0n) is 30.8. The van der Waals surface area contributed by atoms with Gasteiger partial charge in [0, 0.05) is 37.3 Å². The lowest BCUT2D eigenvalue weighted by Gasteiger charge is -2.23. The van der Waals surface area contributed by atoms with E-state index in [0.717, 1.165) is 49.5 Å². The normalized spacial score (nSPS) is 19.6. The summed E-state index contributed by atoms with van der Waals surface area (Å²) in [5, 5.41) is 12.2. The number of aromatic carboxylic acids is 1. The van der Waals surface area contributed by atoms with Gasteiger partial charge < -0.3 is 15.3 Å². The van der Waals surface area contributed by atoms with Gasteiger partial charge >= 0.3 is 5.97 Å². The van der Waals surface area contributed by atoms with Crippen molar-refractivity contribution in [1.29, 1.82) is 0 Å². The predicted molar refractivity (Wildman–Crippen MR) is 220 cm³/mol. The quantitative estimate of drug-likeness (QED) is 0.191. The van der Waals surface area contributed by atoms with Crippen LogP contribution in [0.3, 0.4) is 0 Å². The molecule has 0 aromatic heterocycles. The number of hydrogen-bond donors (Lipinski definition) is 2. The minimum absolute atomic E-state index is 0. The van der Waals surface area contributed by atoms with E-state index in [-0.39, 0.29) is 30.7 Å². The molecule has 4 aliphatic heterocycles. The molecule has 4 heterocycles. The molecule has 2 N–H and O–H groups in total. The van der Waals surface area contributed by atoms with Crippen molar-refractivity contribution < 1.29 is 14.7 Å². The third-order valence-corrected chi connectivity index (χ3v) is 10.7. The Balaban J connectivity index is 0.000000192. The van der Waals surface area contributed by atoms with Gasteiger partial charge in [0.15, 0.2) is 0 Å². The molecule has 2 atom stereocenters. The maximum atomic E-state index is 12.8. The molecule has 0 radical (unpaired) electrons. The van der Waals surface area contributed by atoms with Crippen LogP contribution in [0.2, 0.25) is 0 Å². The number of carboxylic acids is 1. The molecule has 0 unspecified atom stereocenters. The third kappa shape index (κ3) is 12.7. The van der Waals surface area contributed by atoms with Crippen LogP contribution in [0, 0.1) is 0 Å². The number of likely N-dealkylation sites (tertiary alicyclic amines) is 3. The highest BCUT2D eigenvalue weighted by molar-refractivity contribution is 5.94. The fraction of sp³-hybridized carbons (Fsp3) is 0.409. The van der Waals surface area contributed by atoms with Gasteiger partial charge in [0.25, 0.3) is 5.91 Å². The Labute approximate surface area is 328 Å². The molecule has 4 aliphatic rings. The molecule has 4 aromatic rings. The second-order valence-electron chi connectivity index (χ2n) is 14.4. The highest BCUT2D eigenvalue weighted by atomic mass is 35.5. The molecule has 1 amide bonds. The van der Waals surface area contributed by atoms with Crippen LogP contribution in [0.15, 0.2) is 109 Å². The van der Waals surface area contributed by atoms with Crippen LogP contribution in [0.25, 0.3) is 0 Å². The first-order valence-electron chi connectivity index (χ1n) is 19.0. The average Bonchev–Trinajstić information content (AvgIpc) is 4.02. The Kier molecular flexibility index (Phi) is 17.3. The molecule has 53 heavy (non-hydrogen) atoms. The molecule has 0 aliphatic carbocycles. The van der Waals surface area contributed by atoms with E-state index in [1.165, 1.54) is 88.1 Å². The fourth-order valence-electron chi connectivity index (χ4n) is 7.76. The lowest BCUT2D eigenvalue weighted by Crippen LogP contribution is -2.37. The maximum Gasteiger partial charge on any atom is 0.335 e. The molecular weight excluding hydrogens is 703 g/mol. The van der Waals surface area contributed by atoms with Crippen molar-refractivity contribution in [2.24, 2.45) is 0 Å². The Hall–Kier alpha value is -3.72. The lowest BCUT2D eigenvalue weighted by molar-refractivity contribution is 0.0696. The van der Waals surface area contributed by atoms with Gasteiger partial charge in [0.05, 0.1) is 5.56 Å². The summed E-state index contributed by atoms with van der Waals surface area (Å²) in [6, 6.07) is 37.2. The van der Waals surface area contributed by atoms with Crippen LogP contribution in [0.5, 0.6) is 0 Å². The average molecular weight is 760 g/mol.